The second-order valence-corrected chi connectivity index (χ2v) is 6.89. The molecule has 2 aromatic carbocycles. The Morgan fingerprint density at radius 3 is 2.62 bits per heavy atom. The quantitative estimate of drug-likeness (QED) is 0.679. The highest BCUT2D eigenvalue weighted by atomic mass is 32.1. The van der Waals surface area contributed by atoms with Crippen LogP contribution >= 0.6 is 11.3 Å². The maximum absolute atomic E-state index is 12.9. The van der Waals surface area contributed by atoms with Crippen molar-refractivity contribution in [1.82, 2.24) is 9.88 Å². The standard InChI is InChI=1S/C19H19FN2OS/c1-13(19-21-16-5-3-4-6-17(16)24-19)22(2)18(23)12-9-14-7-10-15(20)11-8-14/h3-8,10-11,13H,9,12H2,1-2H3/t13-/m1/s1. The van der Waals surface area contributed by atoms with Gasteiger partial charge in [0.05, 0.1) is 16.3 Å². The fourth-order valence-electron chi connectivity index (χ4n) is 2.53. The van der Waals surface area contributed by atoms with Gasteiger partial charge in [0, 0.05) is 13.5 Å². The summed E-state index contributed by atoms with van der Waals surface area (Å²) in [4.78, 5) is 18.8. The summed E-state index contributed by atoms with van der Waals surface area (Å²) in [6.45, 7) is 1.99. The first-order valence-electron chi connectivity index (χ1n) is 7.90. The minimum atomic E-state index is -0.258. The van der Waals surface area contributed by atoms with E-state index >= 15 is 0 Å². The molecular weight excluding hydrogens is 323 g/mol. The molecule has 24 heavy (non-hydrogen) atoms. The average Bonchev–Trinajstić information content (AvgIpc) is 3.03. The maximum atomic E-state index is 12.9. The molecule has 1 aromatic heterocycles. The first kappa shape index (κ1) is 16.6. The molecule has 0 N–H and O–H groups in total. The number of aromatic nitrogens is 1. The molecule has 0 aliphatic rings. The van der Waals surface area contributed by atoms with E-state index in [1.54, 1.807) is 28.4 Å². The van der Waals surface area contributed by atoms with Gasteiger partial charge in [-0.15, -0.1) is 11.3 Å². The van der Waals surface area contributed by atoms with Gasteiger partial charge in [0.2, 0.25) is 5.91 Å². The summed E-state index contributed by atoms with van der Waals surface area (Å²) in [5.41, 5.74) is 1.93. The third-order valence-electron chi connectivity index (χ3n) is 4.18. The second-order valence-electron chi connectivity index (χ2n) is 5.83. The van der Waals surface area contributed by atoms with E-state index in [0.717, 1.165) is 20.8 Å². The lowest BCUT2D eigenvalue weighted by atomic mass is 10.1. The minimum Gasteiger partial charge on any atom is -0.337 e. The van der Waals surface area contributed by atoms with Crippen molar-refractivity contribution >= 4 is 27.5 Å². The molecule has 0 aliphatic heterocycles. The number of hydrogen-bond acceptors (Lipinski definition) is 3. The zero-order valence-corrected chi connectivity index (χ0v) is 14.5. The molecule has 0 saturated carbocycles. The van der Waals surface area contributed by atoms with E-state index in [2.05, 4.69) is 4.98 Å². The minimum absolute atomic E-state index is 0.0612. The van der Waals surface area contributed by atoms with Crippen LogP contribution in [0.3, 0.4) is 0 Å². The highest BCUT2D eigenvalue weighted by molar-refractivity contribution is 7.18. The summed E-state index contributed by atoms with van der Waals surface area (Å²) in [5.74, 6) is -0.197. The molecule has 1 amide bonds. The number of carbonyl (C=O) groups excluding carboxylic acids is 1. The molecule has 5 heteroatoms. The van der Waals surface area contributed by atoms with Gasteiger partial charge in [-0.3, -0.25) is 4.79 Å². The third-order valence-corrected chi connectivity index (χ3v) is 5.39. The van der Waals surface area contributed by atoms with Crippen LogP contribution in [0.25, 0.3) is 10.2 Å². The van der Waals surface area contributed by atoms with Gasteiger partial charge in [-0.1, -0.05) is 24.3 Å². The molecule has 0 saturated heterocycles. The van der Waals surface area contributed by atoms with Crippen molar-refractivity contribution in [3.8, 4) is 0 Å². The van der Waals surface area contributed by atoms with E-state index in [9.17, 15) is 9.18 Å². The number of hydrogen-bond donors (Lipinski definition) is 0. The maximum Gasteiger partial charge on any atom is 0.223 e. The van der Waals surface area contributed by atoms with E-state index in [4.69, 9.17) is 0 Å². The number of benzene rings is 2. The Morgan fingerprint density at radius 1 is 1.21 bits per heavy atom. The van der Waals surface area contributed by atoms with Gasteiger partial charge in [0.1, 0.15) is 10.8 Å². The number of carbonyl (C=O) groups is 1. The van der Waals surface area contributed by atoms with Crippen LogP contribution < -0.4 is 0 Å². The van der Waals surface area contributed by atoms with Gasteiger partial charge in [0.25, 0.3) is 0 Å². The molecule has 0 bridgehead atoms. The number of aryl methyl sites for hydroxylation is 1. The van der Waals surface area contributed by atoms with Crippen molar-refractivity contribution in [1.29, 1.82) is 0 Å². The topological polar surface area (TPSA) is 33.2 Å². The van der Waals surface area contributed by atoms with E-state index in [1.807, 2.05) is 38.2 Å². The summed E-state index contributed by atoms with van der Waals surface area (Å²) in [6, 6.07) is 14.2. The molecule has 3 aromatic rings. The first-order valence-corrected chi connectivity index (χ1v) is 8.72. The van der Waals surface area contributed by atoms with Crippen LogP contribution in [0.4, 0.5) is 4.39 Å². The second kappa shape index (κ2) is 7.09. The Kier molecular flexibility index (Phi) is 4.90. The van der Waals surface area contributed by atoms with Gasteiger partial charge in [-0.25, -0.2) is 9.37 Å². The van der Waals surface area contributed by atoms with Gasteiger partial charge >= 0.3 is 0 Å². The zero-order valence-electron chi connectivity index (χ0n) is 13.7. The van der Waals surface area contributed by atoms with Gasteiger partial charge < -0.3 is 4.90 Å². The Labute approximate surface area is 144 Å². The smallest absolute Gasteiger partial charge is 0.223 e. The normalized spacial score (nSPS) is 12.3. The number of amides is 1. The highest BCUT2D eigenvalue weighted by Gasteiger charge is 2.20. The SMILES string of the molecule is C[C@H](c1nc2ccccc2s1)N(C)C(=O)CCc1ccc(F)cc1. The predicted molar refractivity (Wildman–Crippen MR) is 95.5 cm³/mol. The van der Waals surface area contributed by atoms with Crippen LogP contribution in [0.2, 0.25) is 0 Å². The van der Waals surface area contributed by atoms with Crippen molar-refractivity contribution in [3.05, 3.63) is 64.9 Å². The number of halogens is 1. The molecule has 0 fully saturated rings. The van der Waals surface area contributed by atoms with Crippen molar-refractivity contribution in [3.63, 3.8) is 0 Å². The Bertz CT molecular complexity index is 811. The van der Waals surface area contributed by atoms with E-state index < -0.39 is 0 Å². The van der Waals surface area contributed by atoms with Crippen molar-refractivity contribution in [2.24, 2.45) is 0 Å². The highest BCUT2D eigenvalue weighted by Crippen LogP contribution is 2.29. The van der Waals surface area contributed by atoms with Crippen molar-refractivity contribution in [2.75, 3.05) is 7.05 Å². The Balaban J connectivity index is 1.64. The zero-order chi connectivity index (χ0) is 17.1. The molecule has 1 atom stereocenters. The van der Waals surface area contributed by atoms with Gasteiger partial charge in [0.15, 0.2) is 0 Å². The van der Waals surface area contributed by atoms with Crippen molar-refractivity contribution in [2.45, 2.75) is 25.8 Å². The number of nitrogens with zero attached hydrogens (tertiary/aromatic N) is 2. The molecule has 0 unspecified atom stereocenters. The number of fused-ring (bicyclic) bond motifs is 1. The van der Waals surface area contributed by atoms with E-state index in [-0.39, 0.29) is 17.8 Å². The summed E-state index contributed by atoms with van der Waals surface area (Å²) >= 11 is 1.62. The summed E-state index contributed by atoms with van der Waals surface area (Å²) in [7, 11) is 1.81. The molecule has 1 heterocycles. The summed E-state index contributed by atoms with van der Waals surface area (Å²) in [6.07, 6.45) is 1.01. The lowest BCUT2D eigenvalue weighted by molar-refractivity contribution is -0.131. The largest absolute Gasteiger partial charge is 0.337 e. The Morgan fingerprint density at radius 2 is 1.92 bits per heavy atom. The lowest BCUT2D eigenvalue weighted by Crippen LogP contribution is -2.29. The van der Waals surface area contributed by atoms with Crippen LogP contribution in [0.5, 0.6) is 0 Å². The fraction of sp³-hybridized carbons (Fsp3) is 0.263. The summed E-state index contributed by atoms with van der Waals surface area (Å²) < 4.78 is 14.0. The van der Waals surface area contributed by atoms with Crippen LogP contribution in [-0.2, 0) is 11.2 Å². The number of thiazole rings is 1. The number of para-hydroxylation sites is 1. The fourth-order valence-corrected chi connectivity index (χ4v) is 3.59. The van der Waals surface area contributed by atoms with E-state index in [1.165, 1.54) is 12.1 Å². The van der Waals surface area contributed by atoms with Crippen LogP contribution in [0.1, 0.15) is 30.0 Å². The number of rotatable bonds is 5. The first-order chi connectivity index (χ1) is 11.5. The molecular formula is C19H19FN2OS. The predicted octanol–water partition coefficient (Wildman–Crippen LogP) is 4.59. The van der Waals surface area contributed by atoms with Gasteiger partial charge in [-0.2, -0.15) is 0 Å². The molecule has 0 spiro atoms. The molecule has 0 radical (unpaired) electrons. The third kappa shape index (κ3) is 3.62. The average molecular weight is 342 g/mol. The molecule has 0 aliphatic carbocycles. The van der Waals surface area contributed by atoms with Crippen LogP contribution in [0.15, 0.2) is 48.5 Å². The monoisotopic (exact) mass is 342 g/mol. The lowest BCUT2D eigenvalue weighted by Gasteiger charge is -2.23. The molecule has 3 rings (SSSR count). The van der Waals surface area contributed by atoms with Crippen LogP contribution in [0, 0.1) is 5.82 Å². The summed E-state index contributed by atoms with van der Waals surface area (Å²) in [5, 5.41) is 0.939. The molecule has 3 nitrogen and oxygen atoms in total. The van der Waals surface area contributed by atoms with Crippen LogP contribution in [-0.4, -0.2) is 22.8 Å². The van der Waals surface area contributed by atoms with Crippen molar-refractivity contribution < 1.29 is 9.18 Å². The molecule has 124 valence electrons. The van der Waals surface area contributed by atoms with Gasteiger partial charge in [-0.05, 0) is 43.2 Å². The Hall–Kier alpha value is -2.27. The van der Waals surface area contributed by atoms with E-state index in [0.29, 0.717) is 12.8 Å².